The van der Waals surface area contributed by atoms with E-state index in [0.717, 1.165) is 25.9 Å². The quantitative estimate of drug-likeness (QED) is 0.914. The van der Waals surface area contributed by atoms with Gasteiger partial charge < -0.3 is 5.32 Å². The van der Waals surface area contributed by atoms with Crippen LogP contribution in [-0.4, -0.2) is 44.8 Å². The highest BCUT2D eigenvalue weighted by atomic mass is 16.1. The molecule has 5 nitrogen and oxygen atoms in total. The van der Waals surface area contributed by atoms with Gasteiger partial charge in [0.1, 0.15) is 0 Å². The number of carbonyl (C=O) groups is 1. The van der Waals surface area contributed by atoms with Crippen LogP contribution in [0.3, 0.4) is 0 Å². The minimum absolute atomic E-state index is 0.0501. The van der Waals surface area contributed by atoms with Crippen LogP contribution in [0.2, 0.25) is 0 Å². The van der Waals surface area contributed by atoms with Crippen LogP contribution in [0, 0.1) is 0 Å². The van der Waals surface area contributed by atoms with Crippen molar-refractivity contribution in [3.63, 3.8) is 0 Å². The first-order chi connectivity index (χ1) is 10.1. The van der Waals surface area contributed by atoms with Crippen LogP contribution in [0.5, 0.6) is 0 Å². The summed E-state index contributed by atoms with van der Waals surface area (Å²) in [4.78, 5) is 14.7. The normalized spacial score (nSPS) is 18.5. The number of hydrogen-bond donors (Lipinski definition) is 1. The second-order valence-electron chi connectivity index (χ2n) is 8.30. The minimum atomic E-state index is -0.225. The van der Waals surface area contributed by atoms with Gasteiger partial charge >= 0.3 is 0 Å². The van der Waals surface area contributed by atoms with Crippen molar-refractivity contribution in [1.82, 2.24) is 20.0 Å². The Morgan fingerprint density at radius 1 is 1.18 bits per heavy atom. The molecule has 2 rings (SSSR count). The van der Waals surface area contributed by atoms with E-state index in [2.05, 4.69) is 36.1 Å². The lowest BCUT2D eigenvalue weighted by Gasteiger charge is -2.40. The van der Waals surface area contributed by atoms with Gasteiger partial charge in [0.25, 0.3) is 5.91 Å². The van der Waals surface area contributed by atoms with Crippen LogP contribution >= 0.6 is 0 Å². The standard InChI is InChI=1S/C17H30N4O/c1-16(2,3)19-15(22)13-11-18-21(12-13)14-7-9-20(10-8-14)17(4,5)6/h11-12,14H,7-10H2,1-6H3,(H,19,22). The summed E-state index contributed by atoms with van der Waals surface area (Å²) in [6, 6.07) is 0.398. The van der Waals surface area contributed by atoms with Gasteiger partial charge in [-0.15, -0.1) is 0 Å². The lowest BCUT2D eigenvalue weighted by Crippen LogP contribution is -2.46. The van der Waals surface area contributed by atoms with Crippen LogP contribution in [0.25, 0.3) is 0 Å². The Hall–Kier alpha value is -1.36. The average molecular weight is 306 g/mol. The Morgan fingerprint density at radius 3 is 2.27 bits per heavy atom. The molecule has 0 saturated carbocycles. The Kier molecular flexibility index (Phi) is 4.66. The highest BCUT2D eigenvalue weighted by Crippen LogP contribution is 2.26. The van der Waals surface area contributed by atoms with Crippen LogP contribution in [-0.2, 0) is 0 Å². The molecule has 1 aliphatic rings. The van der Waals surface area contributed by atoms with E-state index in [-0.39, 0.29) is 17.0 Å². The van der Waals surface area contributed by atoms with E-state index < -0.39 is 0 Å². The third-order valence-electron chi connectivity index (χ3n) is 4.14. The van der Waals surface area contributed by atoms with E-state index in [0.29, 0.717) is 11.6 Å². The lowest BCUT2D eigenvalue weighted by atomic mass is 9.98. The zero-order valence-corrected chi connectivity index (χ0v) is 14.8. The molecule has 1 aliphatic heterocycles. The molecule has 1 saturated heterocycles. The highest BCUT2D eigenvalue weighted by Gasteiger charge is 2.28. The third-order valence-corrected chi connectivity index (χ3v) is 4.14. The molecule has 1 aromatic heterocycles. The SMILES string of the molecule is CC(C)(C)NC(=O)c1cnn(C2CCN(C(C)(C)C)CC2)c1. The molecular weight excluding hydrogens is 276 g/mol. The predicted molar refractivity (Wildman–Crippen MR) is 89.0 cm³/mol. The summed E-state index contributed by atoms with van der Waals surface area (Å²) in [7, 11) is 0. The summed E-state index contributed by atoms with van der Waals surface area (Å²) in [6.07, 6.45) is 5.73. The third kappa shape index (κ3) is 4.32. The van der Waals surface area contributed by atoms with Gasteiger partial charge in [-0.1, -0.05) is 0 Å². The van der Waals surface area contributed by atoms with Crippen LogP contribution in [0.1, 0.15) is 70.8 Å². The summed E-state index contributed by atoms with van der Waals surface area (Å²) in [5.41, 5.74) is 0.650. The highest BCUT2D eigenvalue weighted by molar-refractivity contribution is 5.94. The number of amides is 1. The summed E-state index contributed by atoms with van der Waals surface area (Å²) in [5.74, 6) is -0.0501. The van der Waals surface area contributed by atoms with Crippen molar-refractivity contribution in [2.45, 2.75) is 71.5 Å². The second-order valence-corrected chi connectivity index (χ2v) is 8.30. The number of nitrogens with one attached hydrogen (secondary N) is 1. The Labute approximate surface area is 134 Å². The van der Waals surface area contributed by atoms with Gasteiger partial charge in [-0.3, -0.25) is 14.4 Å². The van der Waals surface area contributed by atoms with Crippen molar-refractivity contribution in [1.29, 1.82) is 0 Å². The predicted octanol–water partition coefficient (Wildman–Crippen LogP) is 2.85. The fourth-order valence-corrected chi connectivity index (χ4v) is 2.87. The molecule has 0 radical (unpaired) electrons. The maximum atomic E-state index is 12.2. The molecule has 0 bridgehead atoms. The Balaban J connectivity index is 1.97. The molecule has 1 fully saturated rings. The maximum absolute atomic E-state index is 12.2. The van der Waals surface area contributed by atoms with E-state index >= 15 is 0 Å². The minimum Gasteiger partial charge on any atom is -0.347 e. The van der Waals surface area contributed by atoms with E-state index in [4.69, 9.17) is 0 Å². The van der Waals surface area contributed by atoms with E-state index in [1.165, 1.54) is 0 Å². The largest absolute Gasteiger partial charge is 0.347 e. The van der Waals surface area contributed by atoms with Crippen molar-refractivity contribution >= 4 is 5.91 Å². The number of hydrogen-bond acceptors (Lipinski definition) is 3. The summed E-state index contributed by atoms with van der Waals surface area (Å²) < 4.78 is 1.97. The fraction of sp³-hybridized carbons (Fsp3) is 0.765. The van der Waals surface area contributed by atoms with Crippen molar-refractivity contribution in [2.75, 3.05) is 13.1 Å². The molecule has 0 atom stereocenters. The zero-order chi connectivity index (χ0) is 16.5. The molecule has 1 aromatic rings. The summed E-state index contributed by atoms with van der Waals surface area (Å²) in [5, 5.41) is 7.39. The first-order valence-corrected chi connectivity index (χ1v) is 8.18. The number of aromatic nitrogens is 2. The summed E-state index contributed by atoms with van der Waals surface area (Å²) >= 11 is 0. The van der Waals surface area contributed by atoms with Crippen molar-refractivity contribution in [3.05, 3.63) is 18.0 Å². The van der Waals surface area contributed by atoms with Gasteiger partial charge in [0.15, 0.2) is 0 Å². The number of rotatable bonds is 2. The van der Waals surface area contributed by atoms with Crippen molar-refractivity contribution < 1.29 is 4.79 Å². The second kappa shape index (κ2) is 6.03. The molecule has 1 N–H and O–H groups in total. The topological polar surface area (TPSA) is 50.2 Å². The van der Waals surface area contributed by atoms with Crippen molar-refractivity contribution in [3.8, 4) is 0 Å². The van der Waals surface area contributed by atoms with Gasteiger partial charge in [0, 0.05) is 30.4 Å². The molecule has 0 aromatic carbocycles. The molecule has 5 heteroatoms. The number of carbonyl (C=O) groups excluding carboxylic acids is 1. The van der Waals surface area contributed by atoms with Gasteiger partial charge in [0.2, 0.25) is 0 Å². The van der Waals surface area contributed by atoms with Gasteiger partial charge in [-0.25, -0.2) is 0 Å². The fourth-order valence-electron chi connectivity index (χ4n) is 2.87. The maximum Gasteiger partial charge on any atom is 0.254 e. The Bertz CT molecular complexity index is 513. The van der Waals surface area contributed by atoms with Gasteiger partial charge in [0.05, 0.1) is 17.8 Å². The average Bonchev–Trinajstić information content (AvgIpc) is 2.85. The molecule has 0 aliphatic carbocycles. The molecule has 0 unspecified atom stereocenters. The molecular formula is C17H30N4O. The monoisotopic (exact) mass is 306 g/mol. The molecule has 124 valence electrons. The lowest BCUT2D eigenvalue weighted by molar-refractivity contribution is 0.0869. The zero-order valence-electron chi connectivity index (χ0n) is 14.8. The van der Waals surface area contributed by atoms with E-state index in [1.54, 1.807) is 6.20 Å². The number of likely N-dealkylation sites (tertiary alicyclic amines) is 1. The Morgan fingerprint density at radius 2 is 1.77 bits per heavy atom. The molecule has 2 heterocycles. The molecule has 0 spiro atoms. The first kappa shape index (κ1) is 17.0. The molecule has 1 amide bonds. The van der Waals surface area contributed by atoms with Crippen molar-refractivity contribution in [2.24, 2.45) is 0 Å². The smallest absolute Gasteiger partial charge is 0.254 e. The van der Waals surface area contributed by atoms with Crippen LogP contribution < -0.4 is 5.32 Å². The number of nitrogens with zero attached hydrogens (tertiary/aromatic N) is 3. The van der Waals surface area contributed by atoms with Crippen LogP contribution in [0.15, 0.2) is 12.4 Å². The van der Waals surface area contributed by atoms with Gasteiger partial charge in [-0.2, -0.15) is 5.10 Å². The number of piperidine rings is 1. The first-order valence-electron chi connectivity index (χ1n) is 8.18. The van der Waals surface area contributed by atoms with E-state index in [9.17, 15) is 4.79 Å². The van der Waals surface area contributed by atoms with E-state index in [1.807, 2.05) is 31.6 Å². The van der Waals surface area contributed by atoms with Crippen LogP contribution in [0.4, 0.5) is 0 Å². The molecule has 22 heavy (non-hydrogen) atoms. The summed E-state index contributed by atoms with van der Waals surface area (Å²) in [6.45, 7) is 14.9. The van der Waals surface area contributed by atoms with Gasteiger partial charge in [-0.05, 0) is 54.4 Å².